The van der Waals surface area contributed by atoms with Gasteiger partial charge in [-0.05, 0) is 57.6 Å². The summed E-state index contributed by atoms with van der Waals surface area (Å²) < 4.78 is 7.80. The molecule has 4 heteroatoms. The highest BCUT2D eigenvalue weighted by Crippen LogP contribution is 2.31. The first kappa shape index (κ1) is 14.9. The van der Waals surface area contributed by atoms with Crippen LogP contribution in [0.2, 0.25) is 0 Å². The van der Waals surface area contributed by atoms with Crippen molar-refractivity contribution in [3.63, 3.8) is 0 Å². The van der Waals surface area contributed by atoms with E-state index in [1.807, 2.05) is 37.8 Å². The molecule has 1 fully saturated rings. The van der Waals surface area contributed by atoms with Crippen molar-refractivity contribution in [2.24, 2.45) is 0 Å². The first-order valence-corrected chi connectivity index (χ1v) is 8.01. The zero-order valence-corrected chi connectivity index (χ0v) is 13.6. The first-order chi connectivity index (χ1) is 10.5. The van der Waals surface area contributed by atoms with E-state index in [2.05, 4.69) is 29.0 Å². The Hall–Kier alpha value is -1.97. The van der Waals surface area contributed by atoms with Crippen molar-refractivity contribution in [2.75, 3.05) is 6.54 Å². The highest BCUT2D eigenvalue weighted by Gasteiger charge is 2.31. The monoisotopic (exact) mass is 300 g/mol. The summed E-state index contributed by atoms with van der Waals surface area (Å²) in [5, 5.41) is 1.21. The molecule has 118 valence electrons. The van der Waals surface area contributed by atoms with Crippen molar-refractivity contribution in [1.82, 2.24) is 9.47 Å². The van der Waals surface area contributed by atoms with Crippen molar-refractivity contribution < 1.29 is 9.53 Å². The van der Waals surface area contributed by atoms with E-state index >= 15 is 0 Å². The second kappa shape index (κ2) is 5.67. The van der Waals surface area contributed by atoms with Gasteiger partial charge >= 0.3 is 6.09 Å². The van der Waals surface area contributed by atoms with Gasteiger partial charge in [0.15, 0.2) is 0 Å². The smallest absolute Gasteiger partial charge is 0.411 e. The molecule has 1 aromatic carbocycles. The van der Waals surface area contributed by atoms with E-state index in [0.717, 1.165) is 25.8 Å². The fraction of sp³-hybridized carbons (Fsp3) is 0.500. The van der Waals surface area contributed by atoms with Gasteiger partial charge < -0.3 is 9.30 Å². The Kier molecular flexibility index (Phi) is 3.85. The normalized spacial score (nSPS) is 19.4. The molecule has 1 aliphatic rings. The predicted molar refractivity (Wildman–Crippen MR) is 87.8 cm³/mol. The van der Waals surface area contributed by atoms with Crippen LogP contribution in [0.4, 0.5) is 4.79 Å². The zero-order chi connectivity index (χ0) is 15.7. The summed E-state index contributed by atoms with van der Waals surface area (Å²) in [6, 6.07) is 10.4. The van der Waals surface area contributed by atoms with Crippen LogP contribution in [0.3, 0.4) is 0 Å². The molecule has 4 nitrogen and oxygen atoms in total. The number of likely N-dealkylation sites (tertiary alicyclic amines) is 1. The highest BCUT2D eigenvalue weighted by molar-refractivity contribution is 5.80. The molecule has 0 aliphatic carbocycles. The second-order valence-corrected chi connectivity index (χ2v) is 6.93. The molecule has 2 aromatic rings. The molecule has 0 N–H and O–H groups in total. The number of hydrogen-bond acceptors (Lipinski definition) is 2. The van der Waals surface area contributed by atoms with Gasteiger partial charge in [-0.15, -0.1) is 0 Å². The topological polar surface area (TPSA) is 34.5 Å². The average molecular weight is 300 g/mol. The lowest BCUT2D eigenvalue weighted by atomic mass is 10.1. The van der Waals surface area contributed by atoms with Gasteiger partial charge in [0.1, 0.15) is 11.8 Å². The molecule has 1 unspecified atom stereocenters. The van der Waals surface area contributed by atoms with Gasteiger partial charge in [-0.2, -0.15) is 0 Å². The SMILES string of the molecule is CC(C)(C)OC(=O)N1CCCCC1n1ccc2ccccc21. The highest BCUT2D eigenvalue weighted by atomic mass is 16.6. The summed E-state index contributed by atoms with van der Waals surface area (Å²) in [5.41, 5.74) is 0.709. The minimum absolute atomic E-state index is 0.0449. The van der Waals surface area contributed by atoms with E-state index in [-0.39, 0.29) is 12.3 Å². The Balaban J connectivity index is 1.91. The number of fused-ring (bicyclic) bond motifs is 1. The number of piperidine rings is 1. The fourth-order valence-corrected chi connectivity index (χ4v) is 3.10. The molecule has 1 aromatic heterocycles. The van der Waals surface area contributed by atoms with Gasteiger partial charge in [0, 0.05) is 18.3 Å². The molecule has 1 atom stereocenters. The third kappa shape index (κ3) is 2.96. The standard InChI is InChI=1S/C18H24N2O2/c1-18(2,3)22-17(21)20-12-7-6-10-16(20)19-13-11-14-8-4-5-9-15(14)19/h4-5,8-9,11,13,16H,6-7,10,12H2,1-3H3. The average Bonchev–Trinajstić information content (AvgIpc) is 2.89. The lowest BCUT2D eigenvalue weighted by Gasteiger charge is -2.37. The maximum Gasteiger partial charge on any atom is 0.411 e. The summed E-state index contributed by atoms with van der Waals surface area (Å²) in [7, 11) is 0. The number of para-hydroxylation sites is 1. The molecule has 1 amide bonds. The lowest BCUT2D eigenvalue weighted by Crippen LogP contribution is -2.43. The third-order valence-electron chi connectivity index (χ3n) is 4.05. The van der Waals surface area contributed by atoms with E-state index < -0.39 is 5.60 Å². The van der Waals surface area contributed by atoms with Crippen molar-refractivity contribution in [3.05, 3.63) is 36.5 Å². The minimum Gasteiger partial charge on any atom is -0.444 e. The second-order valence-electron chi connectivity index (χ2n) is 6.93. The van der Waals surface area contributed by atoms with Gasteiger partial charge in [-0.1, -0.05) is 18.2 Å². The number of amides is 1. The van der Waals surface area contributed by atoms with Crippen LogP contribution < -0.4 is 0 Å². The molecule has 0 saturated carbocycles. The van der Waals surface area contributed by atoms with E-state index in [0.29, 0.717) is 0 Å². The Bertz CT molecular complexity index is 669. The summed E-state index contributed by atoms with van der Waals surface area (Å²) in [4.78, 5) is 14.4. The molecule has 0 spiro atoms. The number of hydrogen-bond donors (Lipinski definition) is 0. The minimum atomic E-state index is -0.460. The van der Waals surface area contributed by atoms with Crippen LogP contribution in [0, 0.1) is 0 Å². The molecular formula is C18H24N2O2. The Morgan fingerprint density at radius 1 is 1.18 bits per heavy atom. The number of aromatic nitrogens is 1. The number of ether oxygens (including phenoxy) is 1. The van der Waals surface area contributed by atoms with Gasteiger partial charge in [-0.25, -0.2) is 4.79 Å². The Morgan fingerprint density at radius 2 is 1.95 bits per heavy atom. The molecule has 0 bridgehead atoms. The van der Waals surface area contributed by atoms with E-state index in [9.17, 15) is 4.79 Å². The molecule has 0 radical (unpaired) electrons. The quantitative estimate of drug-likeness (QED) is 0.773. The zero-order valence-electron chi connectivity index (χ0n) is 13.6. The van der Waals surface area contributed by atoms with Gasteiger partial charge in [0.2, 0.25) is 0 Å². The summed E-state index contributed by atoms with van der Waals surface area (Å²) in [5.74, 6) is 0. The molecule has 22 heavy (non-hydrogen) atoms. The maximum absolute atomic E-state index is 12.5. The number of benzene rings is 1. The molecule has 1 aliphatic heterocycles. The van der Waals surface area contributed by atoms with Crippen LogP contribution in [-0.2, 0) is 4.74 Å². The van der Waals surface area contributed by atoms with E-state index in [4.69, 9.17) is 4.74 Å². The largest absolute Gasteiger partial charge is 0.444 e. The van der Waals surface area contributed by atoms with Gasteiger partial charge in [0.25, 0.3) is 0 Å². The summed E-state index contributed by atoms with van der Waals surface area (Å²) >= 11 is 0. The molecular weight excluding hydrogens is 276 g/mol. The van der Waals surface area contributed by atoms with Crippen LogP contribution in [0.15, 0.2) is 36.5 Å². The van der Waals surface area contributed by atoms with Crippen LogP contribution in [0.5, 0.6) is 0 Å². The number of carbonyl (C=O) groups excluding carboxylic acids is 1. The third-order valence-corrected chi connectivity index (χ3v) is 4.05. The summed E-state index contributed by atoms with van der Waals surface area (Å²) in [6.45, 7) is 6.49. The molecule has 1 saturated heterocycles. The van der Waals surface area contributed by atoms with Crippen molar-refractivity contribution >= 4 is 17.0 Å². The van der Waals surface area contributed by atoms with Crippen molar-refractivity contribution in [1.29, 1.82) is 0 Å². The van der Waals surface area contributed by atoms with Gasteiger partial charge in [-0.3, -0.25) is 4.90 Å². The van der Waals surface area contributed by atoms with Crippen LogP contribution >= 0.6 is 0 Å². The number of nitrogens with zero attached hydrogens (tertiary/aromatic N) is 2. The van der Waals surface area contributed by atoms with Crippen molar-refractivity contribution in [3.8, 4) is 0 Å². The van der Waals surface area contributed by atoms with Crippen molar-refractivity contribution in [2.45, 2.75) is 51.8 Å². The fourth-order valence-electron chi connectivity index (χ4n) is 3.10. The number of carbonyl (C=O) groups is 1. The maximum atomic E-state index is 12.5. The Labute approximate surface area is 131 Å². The van der Waals surface area contributed by atoms with Crippen LogP contribution in [0.1, 0.15) is 46.2 Å². The molecule has 2 heterocycles. The lowest BCUT2D eigenvalue weighted by molar-refractivity contribution is -0.000376. The molecule has 3 rings (SSSR count). The van der Waals surface area contributed by atoms with Gasteiger partial charge in [0.05, 0.1) is 0 Å². The predicted octanol–water partition coefficient (Wildman–Crippen LogP) is 4.56. The van der Waals surface area contributed by atoms with E-state index in [1.165, 1.54) is 10.9 Å². The first-order valence-electron chi connectivity index (χ1n) is 8.01. The van der Waals surface area contributed by atoms with E-state index in [1.54, 1.807) is 0 Å². The van der Waals surface area contributed by atoms with Crippen LogP contribution in [-0.4, -0.2) is 27.7 Å². The Morgan fingerprint density at radius 3 is 2.73 bits per heavy atom. The summed E-state index contributed by atoms with van der Waals surface area (Å²) in [6.07, 6.45) is 5.06. The van der Waals surface area contributed by atoms with Crippen LogP contribution in [0.25, 0.3) is 10.9 Å². The number of rotatable bonds is 1.